The van der Waals surface area contributed by atoms with Gasteiger partial charge in [-0.25, -0.2) is 4.98 Å². The predicted octanol–water partition coefficient (Wildman–Crippen LogP) is 3.85. The second-order valence-corrected chi connectivity index (χ2v) is 4.69. The van der Waals surface area contributed by atoms with E-state index in [-0.39, 0.29) is 10.3 Å². The maximum absolute atomic E-state index is 11.8. The van der Waals surface area contributed by atoms with Gasteiger partial charge in [-0.15, -0.1) is 0 Å². The molecule has 0 saturated carbocycles. The van der Waals surface area contributed by atoms with Crippen molar-refractivity contribution in [2.24, 2.45) is 0 Å². The summed E-state index contributed by atoms with van der Waals surface area (Å²) in [5, 5.41) is 0.638. The number of hydrogen-bond donors (Lipinski definition) is 0. The van der Waals surface area contributed by atoms with E-state index in [0.29, 0.717) is 15.7 Å². The highest BCUT2D eigenvalue weighted by atomic mass is 35.5. The summed E-state index contributed by atoms with van der Waals surface area (Å²) < 4.78 is 1.25. The van der Waals surface area contributed by atoms with E-state index in [1.807, 2.05) is 0 Å². The fourth-order valence-corrected chi connectivity index (χ4v) is 1.96. The molecule has 2 aromatic rings. The molecule has 0 radical (unpaired) electrons. The van der Waals surface area contributed by atoms with Crippen LogP contribution in [0.15, 0.2) is 29.2 Å². The van der Waals surface area contributed by atoms with Crippen molar-refractivity contribution in [3.8, 4) is 5.69 Å². The van der Waals surface area contributed by atoms with Crippen LogP contribution in [-0.4, -0.2) is 9.55 Å². The molecule has 0 bridgehead atoms. The Balaban J connectivity index is 2.68. The van der Waals surface area contributed by atoms with Crippen molar-refractivity contribution in [1.82, 2.24) is 9.55 Å². The summed E-state index contributed by atoms with van der Waals surface area (Å²) in [7, 11) is 0. The molecule has 0 spiro atoms. The van der Waals surface area contributed by atoms with Gasteiger partial charge in [-0.2, -0.15) is 0 Å². The van der Waals surface area contributed by atoms with Crippen molar-refractivity contribution in [2.45, 2.75) is 0 Å². The molecule has 88 valence electrons. The first-order valence-corrected chi connectivity index (χ1v) is 5.90. The average molecular weight is 310 g/mol. The minimum Gasteiger partial charge on any atom is -0.279 e. The zero-order chi connectivity index (χ0) is 12.6. The molecule has 0 saturated heterocycles. The van der Waals surface area contributed by atoms with Gasteiger partial charge < -0.3 is 0 Å². The summed E-state index contributed by atoms with van der Waals surface area (Å²) in [4.78, 5) is 15.4. The molecule has 17 heavy (non-hydrogen) atoms. The standard InChI is InChI=1S/C10H4Cl4N2O/c11-6-2-1-5(3-7(6)12)16-4-8(13)15-9(14)10(16)17/h1-4H. The lowest BCUT2D eigenvalue weighted by Gasteiger charge is -2.07. The van der Waals surface area contributed by atoms with Crippen LogP contribution >= 0.6 is 46.4 Å². The summed E-state index contributed by atoms with van der Waals surface area (Å²) >= 11 is 23.0. The Hall–Kier alpha value is -0.740. The maximum atomic E-state index is 11.8. The fraction of sp³-hybridized carbons (Fsp3) is 0. The third-order valence-corrected chi connectivity index (χ3v) is 3.18. The summed E-state index contributed by atoms with van der Waals surface area (Å²) in [5.74, 6) is 0. The maximum Gasteiger partial charge on any atom is 0.292 e. The molecule has 0 N–H and O–H groups in total. The molecule has 0 aliphatic heterocycles. The molecule has 1 heterocycles. The van der Waals surface area contributed by atoms with Crippen LogP contribution < -0.4 is 5.56 Å². The number of aromatic nitrogens is 2. The van der Waals surface area contributed by atoms with Gasteiger partial charge in [0.1, 0.15) is 5.15 Å². The Morgan fingerprint density at radius 3 is 2.41 bits per heavy atom. The van der Waals surface area contributed by atoms with Gasteiger partial charge in [0, 0.05) is 0 Å². The highest BCUT2D eigenvalue weighted by molar-refractivity contribution is 6.42. The Bertz CT molecular complexity index is 639. The van der Waals surface area contributed by atoms with E-state index in [1.165, 1.54) is 16.8 Å². The van der Waals surface area contributed by atoms with E-state index in [0.717, 1.165) is 0 Å². The predicted molar refractivity (Wildman–Crippen MR) is 69.9 cm³/mol. The normalized spacial score (nSPS) is 10.6. The number of nitrogens with zero attached hydrogens (tertiary/aromatic N) is 2. The molecule has 7 heteroatoms. The molecule has 0 unspecified atom stereocenters. The molecule has 2 rings (SSSR count). The van der Waals surface area contributed by atoms with Crippen LogP contribution in [0.3, 0.4) is 0 Å². The molecular formula is C10H4Cl4N2O. The molecule has 0 amide bonds. The summed E-state index contributed by atoms with van der Waals surface area (Å²) in [6.45, 7) is 0. The minimum absolute atomic E-state index is 0.112. The fourth-order valence-electron chi connectivity index (χ4n) is 1.26. The zero-order valence-corrected chi connectivity index (χ0v) is 11.1. The van der Waals surface area contributed by atoms with Gasteiger partial charge in [-0.1, -0.05) is 46.4 Å². The second-order valence-electron chi connectivity index (χ2n) is 3.13. The van der Waals surface area contributed by atoms with Gasteiger partial charge >= 0.3 is 0 Å². The van der Waals surface area contributed by atoms with Gasteiger partial charge in [-0.05, 0) is 18.2 Å². The van der Waals surface area contributed by atoms with Crippen LogP contribution in [0.4, 0.5) is 0 Å². The molecule has 1 aromatic carbocycles. The SMILES string of the molecule is O=c1c(Cl)nc(Cl)cn1-c1ccc(Cl)c(Cl)c1. The van der Waals surface area contributed by atoms with E-state index in [1.54, 1.807) is 12.1 Å². The monoisotopic (exact) mass is 308 g/mol. The Morgan fingerprint density at radius 2 is 1.76 bits per heavy atom. The van der Waals surface area contributed by atoms with E-state index in [9.17, 15) is 4.79 Å². The van der Waals surface area contributed by atoms with Crippen molar-refractivity contribution < 1.29 is 0 Å². The smallest absolute Gasteiger partial charge is 0.279 e. The van der Waals surface area contributed by atoms with Gasteiger partial charge in [0.15, 0.2) is 5.15 Å². The van der Waals surface area contributed by atoms with Gasteiger partial charge in [0.05, 0.1) is 21.9 Å². The third kappa shape index (κ3) is 2.58. The summed E-state index contributed by atoms with van der Waals surface area (Å²) in [5.41, 5.74) is 0.0325. The van der Waals surface area contributed by atoms with Crippen molar-refractivity contribution in [1.29, 1.82) is 0 Å². The van der Waals surface area contributed by atoms with Crippen molar-refractivity contribution >= 4 is 46.4 Å². The molecule has 1 aromatic heterocycles. The minimum atomic E-state index is -0.477. The number of halogens is 4. The van der Waals surface area contributed by atoms with Crippen LogP contribution in [0.1, 0.15) is 0 Å². The quantitative estimate of drug-likeness (QED) is 0.802. The summed E-state index contributed by atoms with van der Waals surface area (Å²) in [6, 6.07) is 4.74. The molecule has 0 aliphatic rings. The van der Waals surface area contributed by atoms with E-state index in [4.69, 9.17) is 46.4 Å². The van der Waals surface area contributed by atoms with Crippen LogP contribution in [0.2, 0.25) is 20.4 Å². The van der Waals surface area contributed by atoms with Crippen molar-refractivity contribution in [3.63, 3.8) is 0 Å². The largest absolute Gasteiger partial charge is 0.292 e. The Kier molecular flexibility index (Phi) is 3.64. The zero-order valence-electron chi connectivity index (χ0n) is 8.12. The second kappa shape index (κ2) is 4.86. The van der Waals surface area contributed by atoms with Gasteiger partial charge in [0.2, 0.25) is 0 Å². The third-order valence-electron chi connectivity index (χ3n) is 2.02. The topological polar surface area (TPSA) is 34.9 Å². The van der Waals surface area contributed by atoms with Crippen LogP contribution in [-0.2, 0) is 0 Å². The van der Waals surface area contributed by atoms with Crippen LogP contribution in [0.25, 0.3) is 5.69 Å². The van der Waals surface area contributed by atoms with Crippen molar-refractivity contribution in [3.05, 3.63) is 55.1 Å². The first-order chi connectivity index (χ1) is 7.99. The Labute approximate surface area is 117 Å². The lowest BCUT2D eigenvalue weighted by atomic mass is 10.3. The van der Waals surface area contributed by atoms with Crippen molar-refractivity contribution in [2.75, 3.05) is 0 Å². The molecule has 0 aliphatic carbocycles. The molecule has 3 nitrogen and oxygen atoms in total. The number of benzene rings is 1. The highest BCUT2D eigenvalue weighted by Crippen LogP contribution is 2.24. The van der Waals surface area contributed by atoms with E-state index < -0.39 is 5.56 Å². The highest BCUT2D eigenvalue weighted by Gasteiger charge is 2.08. The van der Waals surface area contributed by atoms with E-state index in [2.05, 4.69) is 4.98 Å². The first kappa shape index (κ1) is 12.7. The summed E-state index contributed by atoms with van der Waals surface area (Å²) in [6.07, 6.45) is 1.36. The first-order valence-electron chi connectivity index (χ1n) is 4.39. The Morgan fingerprint density at radius 1 is 1.06 bits per heavy atom. The molecule has 0 atom stereocenters. The van der Waals surface area contributed by atoms with Crippen LogP contribution in [0, 0.1) is 0 Å². The number of rotatable bonds is 1. The van der Waals surface area contributed by atoms with Crippen LogP contribution in [0.5, 0.6) is 0 Å². The lowest BCUT2D eigenvalue weighted by molar-refractivity contribution is 0.957. The van der Waals surface area contributed by atoms with Gasteiger partial charge in [-0.3, -0.25) is 9.36 Å². The van der Waals surface area contributed by atoms with E-state index >= 15 is 0 Å². The number of hydrogen-bond acceptors (Lipinski definition) is 2. The molecule has 0 fully saturated rings. The average Bonchev–Trinajstić information content (AvgIpc) is 2.27. The molecular weight excluding hydrogens is 306 g/mol. The lowest BCUT2D eigenvalue weighted by Crippen LogP contribution is -2.19. The van der Waals surface area contributed by atoms with Gasteiger partial charge in [0.25, 0.3) is 5.56 Å².